The average molecular weight is 330 g/mol. The number of aliphatic hydroxyl groups is 1. The molecule has 1 aromatic heterocycles. The van der Waals surface area contributed by atoms with Crippen molar-refractivity contribution in [3.05, 3.63) is 24.2 Å². The maximum atomic E-state index is 11.2. The lowest BCUT2D eigenvalue weighted by atomic mass is 10.0. The predicted molar refractivity (Wildman–Crippen MR) is 85.0 cm³/mol. The van der Waals surface area contributed by atoms with E-state index in [1.807, 2.05) is 0 Å². The normalized spacial score (nSPS) is 22.4. The minimum Gasteiger partial charge on any atom is -0.467 e. The average Bonchev–Trinajstić information content (AvgIpc) is 2.89. The molecule has 126 valence electrons. The van der Waals surface area contributed by atoms with Crippen LogP contribution in [0.2, 0.25) is 0 Å². The van der Waals surface area contributed by atoms with Crippen molar-refractivity contribution >= 4 is 10.0 Å². The first-order chi connectivity index (χ1) is 10.5. The third kappa shape index (κ3) is 5.72. The van der Waals surface area contributed by atoms with Crippen molar-refractivity contribution in [3.63, 3.8) is 0 Å². The minimum atomic E-state index is -3.15. The summed E-state index contributed by atoms with van der Waals surface area (Å²) in [5, 5.41) is 10.3. The van der Waals surface area contributed by atoms with Gasteiger partial charge in [-0.3, -0.25) is 4.90 Å². The Bertz CT molecular complexity index is 530. The topological polar surface area (TPSA) is 82.8 Å². The van der Waals surface area contributed by atoms with E-state index >= 15 is 0 Å². The van der Waals surface area contributed by atoms with Crippen LogP contribution in [-0.2, 0) is 10.0 Å². The summed E-state index contributed by atoms with van der Waals surface area (Å²) >= 11 is 0. The van der Waals surface area contributed by atoms with Gasteiger partial charge in [-0.2, -0.15) is 0 Å². The molecule has 0 radical (unpaired) electrons. The van der Waals surface area contributed by atoms with Crippen LogP contribution < -0.4 is 4.72 Å². The molecule has 2 N–H and O–H groups in total. The monoisotopic (exact) mass is 330 g/mol. The van der Waals surface area contributed by atoms with Crippen LogP contribution >= 0.6 is 0 Å². The summed E-state index contributed by atoms with van der Waals surface area (Å²) in [6, 6.07) is 3.82. The standard InChI is InChI=1S/C15H26N2O4S/c1-22(19,20)16-8-10-17-9-4-2-3-6-13(17)12-14(18)15-7-5-11-21-15/h5,7,11,13-14,16,18H,2-4,6,8-10,12H2,1H3/t13-,14-/m0/s1. The Balaban J connectivity index is 1.92. The van der Waals surface area contributed by atoms with Gasteiger partial charge in [-0.1, -0.05) is 12.8 Å². The molecule has 0 aliphatic carbocycles. The van der Waals surface area contributed by atoms with Crippen molar-refractivity contribution in [2.75, 3.05) is 25.9 Å². The van der Waals surface area contributed by atoms with Gasteiger partial charge in [0.15, 0.2) is 0 Å². The summed E-state index contributed by atoms with van der Waals surface area (Å²) in [7, 11) is -3.15. The van der Waals surface area contributed by atoms with Gasteiger partial charge < -0.3 is 9.52 Å². The zero-order chi connectivity index (χ0) is 16.0. The second-order valence-corrected chi connectivity index (χ2v) is 7.81. The van der Waals surface area contributed by atoms with Gasteiger partial charge in [0, 0.05) is 19.1 Å². The van der Waals surface area contributed by atoms with Gasteiger partial charge in [0.25, 0.3) is 0 Å². The number of hydrogen-bond donors (Lipinski definition) is 2. The highest BCUT2D eigenvalue weighted by molar-refractivity contribution is 7.88. The second-order valence-electron chi connectivity index (χ2n) is 5.97. The van der Waals surface area contributed by atoms with Gasteiger partial charge in [0.2, 0.25) is 10.0 Å². The number of sulfonamides is 1. The van der Waals surface area contributed by atoms with Crippen LogP contribution in [-0.4, -0.2) is 50.4 Å². The first-order valence-electron chi connectivity index (χ1n) is 7.86. The van der Waals surface area contributed by atoms with Gasteiger partial charge in [-0.15, -0.1) is 0 Å². The lowest BCUT2D eigenvalue weighted by Gasteiger charge is -2.31. The maximum absolute atomic E-state index is 11.2. The van der Waals surface area contributed by atoms with Crippen molar-refractivity contribution in [1.29, 1.82) is 0 Å². The zero-order valence-corrected chi connectivity index (χ0v) is 13.9. The highest BCUT2D eigenvalue weighted by Gasteiger charge is 2.25. The number of nitrogens with one attached hydrogen (secondary N) is 1. The van der Waals surface area contributed by atoms with Crippen molar-refractivity contribution < 1.29 is 17.9 Å². The van der Waals surface area contributed by atoms with Gasteiger partial charge in [-0.05, 0) is 37.9 Å². The molecule has 2 heterocycles. The molecule has 7 heteroatoms. The summed E-state index contributed by atoms with van der Waals surface area (Å²) in [5.41, 5.74) is 0. The smallest absolute Gasteiger partial charge is 0.208 e. The molecule has 2 rings (SSSR count). The van der Waals surface area contributed by atoms with E-state index in [2.05, 4.69) is 9.62 Å². The number of aliphatic hydroxyl groups excluding tert-OH is 1. The molecule has 0 amide bonds. The Kier molecular flexibility index (Phi) is 6.43. The molecule has 0 spiro atoms. The minimum absolute atomic E-state index is 0.254. The van der Waals surface area contributed by atoms with Crippen LogP contribution in [0.5, 0.6) is 0 Å². The summed E-state index contributed by atoms with van der Waals surface area (Å²) in [6.45, 7) is 2.02. The highest BCUT2D eigenvalue weighted by Crippen LogP contribution is 2.26. The summed E-state index contributed by atoms with van der Waals surface area (Å²) in [4.78, 5) is 2.29. The molecule has 1 aliphatic rings. The van der Waals surface area contributed by atoms with Crippen molar-refractivity contribution in [3.8, 4) is 0 Å². The fraction of sp³-hybridized carbons (Fsp3) is 0.733. The maximum Gasteiger partial charge on any atom is 0.208 e. The third-order valence-electron chi connectivity index (χ3n) is 4.13. The fourth-order valence-corrected chi connectivity index (χ4v) is 3.49. The van der Waals surface area contributed by atoms with Crippen LogP contribution in [0.15, 0.2) is 22.8 Å². The SMILES string of the molecule is CS(=O)(=O)NCCN1CCCCC[C@H]1C[C@H](O)c1ccco1. The Labute approximate surface area is 132 Å². The van der Waals surface area contributed by atoms with Crippen LogP contribution in [0.4, 0.5) is 0 Å². The van der Waals surface area contributed by atoms with Crippen LogP contribution in [0.1, 0.15) is 44.0 Å². The Morgan fingerprint density at radius 2 is 2.27 bits per heavy atom. The molecule has 22 heavy (non-hydrogen) atoms. The molecule has 1 aromatic rings. The zero-order valence-electron chi connectivity index (χ0n) is 13.1. The van der Waals surface area contributed by atoms with E-state index in [1.165, 1.54) is 12.7 Å². The van der Waals surface area contributed by atoms with E-state index < -0.39 is 16.1 Å². The van der Waals surface area contributed by atoms with Crippen molar-refractivity contribution in [1.82, 2.24) is 9.62 Å². The van der Waals surface area contributed by atoms with Gasteiger partial charge in [0.05, 0.1) is 12.5 Å². The van der Waals surface area contributed by atoms with Gasteiger partial charge >= 0.3 is 0 Å². The first kappa shape index (κ1) is 17.5. The molecule has 2 atom stereocenters. The molecule has 1 saturated heterocycles. The fourth-order valence-electron chi connectivity index (χ4n) is 3.03. The summed E-state index contributed by atoms with van der Waals surface area (Å²) < 4.78 is 30.2. The first-order valence-corrected chi connectivity index (χ1v) is 9.75. The lowest BCUT2D eigenvalue weighted by Crippen LogP contribution is -2.41. The summed E-state index contributed by atoms with van der Waals surface area (Å²) in [5.74, 6) is 0.596. The molecule has 1 aliphatic heterocycles. The van der Waals surface area contributed by atoms with Crippen LogP contribution in [0, 0.1) is 0 Å². The third-order valence-corrected chi connectivity index (χ3v) is 4.86. The summed E-state index contributed by atoms with van der Waals surface area (Å²) in [6.07, 6.45) is 7.22. The second kappa shape index (κ2) is 8.10. The Morgan fingerprint density at radius 1 is 1.45 bits per heavy atom. The number of likely N-dealkylation sites (tertiary alicyclic amines) is 1. The number of furan rings is 1. The highest BCUT2D eigenvalue weighted by atomic mass is 32.2. The lowest BCUT2D eigenvalue weighted by molar-refractivity contribution is 0.0872. The van der Waals surface area contributed by atoms with Crippen LogP contribution in [0.25, 0.3) is 0 Å². The van der Waals surface area contributed by atoms with E-state index in [0.29, 0.717) is 25.3 Å². The Morgan fingerprint density at radius 3 is 2.95 bits per heavy atom. The van der Waals surface area contributed by atoms with E-state index in [9.17, 15) is 13.5 Å². The molecule has 0 bridgehead atoms. The van der Waals surface area contributed by atoms with E-state index in [-0.39, 0.29) is 6.04 Å². The quantitative estimate of drug-likeness (QED) is 0.791. The molecule has 1 fully saturated rings. The number of rotatable bonds is 7. The number of hydrogen-bond acceptors (Lipinski definition) is 5. The molecule has 0 aromatic carbocycles. The molecule has 0 saturated carbocycles. The largest absolute Gasteiger partial charge is 0.467 e. The molecule has 6 nitrogen and oxygen atoms in total. The molecular formula is C15H26N2O4S. The van der Waals surface area contributed by atoms with Crippen molar-refractivity contribution in [2.24, 2.45) is 0 Å². The van der Waals surface area contributed by atoms with Crippen LogP contribution in [0.3, 0.4) is 0 Å². The van der Waals surface area contributed by atoms with Crippen molar-refractivity contribution in [2.45, 2.75) is 44.2 Å². The van der Waals surface area contributed by atoms with Gasteiger partial charge in [-0.25, -0.2) is 13.1 Å². The Hall–Kier alpha value is -0.890. The van der Waals surface area contributed by atoms with Gasteiger partial charge in [0.1, 0.15) is 11.9 Å². The molecule has 0 unspecified atom stereocenters. The predicted octanol–water partition coefficient (Wildman–Crippen LogP) is 1.50. The number of nitrogens with zero attached hydrogens (tertiary/aromatic N) is 1. The van der Waals surface area contributed by atoms with E-state index in [4.69, 9.17) is 4.42 Å². The van der Waals surface area contributed by atoms with E-state index in [1.54, 1.807) is 18.4 Å². The van der Waals surface area contributed by atoms with E-state index in [0.717, 1.165) is 25.8 Å². The molecular weight excluding hydrogens is 304 g/mol.